The minimum absolute atomic E-state index is 0.0823. The van der Waals surface area contributed by atoms with Crippen molar-refractivity contribution in [2.24, 2.45) is 0 Å². The van der Waals surface area contributed by atoms with E-state index in [0.717, 1.165) is 16.5 Å². The Balaban J connectivity index is 2.06. The highest BCUT2D eigenvalue weighted by Gasteiger charge is 2.11. The molecule has 0 bridgehead atoms. The molecule has 1 amide bonds. The molecule has 0 radical (unpaired) electrons. The number of carbonyl (C=O) groups excluding carboxylic acids is 1. The highest BCUT2D eigenvalue weighted by molar-refractivity contribution is 9.08. The lowest BCUT2D eigenvalue weighted by molar-refractivity contribution is 0.0948. The molecule has 5 heteroatoms. The smallest absolute Gasteiger partial charge is 0.255 e. The summed E-state index contributed by atoms with van der Waals surface area (Å²) in [5.41, 5.74) is 2.31. The molecule has 0 spiro atoms. The van der Waals surface area contributed by atoms with E-state index in [4.69, 9.17) is 11.6 Å². The number of alkyl halides is 1. The summed E-state index contributed by atoms with van der Waals surface area (Å²) in [5.74, 6) is -0.435. The summed E-state index contributed by atoms with van der Waals surface area (Å²) in [7, 11) is 0. The number of aromatic hydroxyl groups is 1. The summed E-state index contributed by atoms with van der Waals surface area (Å²) < 4.78 is 0. The number of halogens is 2. The second-order valence-electron chi connectivity index (χ2n) is 4.30. The number of nitrogens with one attached hydrogen (secondary N) is 1. The van der Waals surface area contributed by atoms with Crippen molar-refractivity contribution in [3.63, 3.8) is 0 Å². The van der Waals surface area contributed by atoms with Gasteiger partial charge in [0.1, 0.15) is 5.75 Å². The van der Waals surface area contributed by atoms with Crippen LogP contribution in [0, 0.1) is 0 Å². The molecule has 0 saturated heterocycles. The summed E-state index contributed by atoms with van der Waals surface area (Å²) >= 11 is 9.21. The molecule has 0 heterocycles. The van der Waals surface area contributed by atoms with Gasteiger partial charge in [-0.05, 0) is 29.3 Å². The number of phenols is 1. The van der Waals surface area contributed by atoms with Crippen molar-refractivity contribution in [1.82, 2.24) is 5.32 Å². The van der Waals surface area contributed by atoms with Gasteiger partial charge < -0.3 is 10.4 Å². The fourth-order valence-corrected chi connectivity index (χ4v) is 2.31. The van der Waals surface area contributed by atoms with Crippen LogP contribution in [0.25, 0.3) is 0 Å². The van der Waals surface area contributed by atoms with Crippen molar-refractivity contribution in [1.29, 1.82) is 0 Å². The molecule has 0 atom stereocenters. The number of hydrogen-bond acceptors (Lipinski definition) is 2. The van der Waals surface area contributed by atoms with Crippen molar-refractivity contribution in [2.75, 3.05) is 0 Å². The molecule has 0 fully saturated rings. The number of benzene rings is 2. The lowest BCUT2D eigenvalue weighted by atomic mass is 10.1. The van der Waals surface area contributed by atoms with E-state index in [9.17, 15) is 9.90 Å². The van der Waals surface area contributed by atoms with Gasteiger partial charge in [-0.25, -0.2) is 0 Å². The molecule has 0 aromatic heterocycles. The van der Waals surface area contributed by atoms with E-state index in [1.165, 1.54) is 18.2 Å². The topological polar surface area (TPSA) is 49.3 Å². The maximum Gasteiger partial charge on any atom is 0.255 e. The molecular weight excluding hydrogens is 342 g/mol. The first-order valence-electron chi connectivity index (χ1n) is 6.00. The molecule has 0 aliphatic heterocycles. The van der Waals surface area contributed by atoms with Gasteiger partial charge in [0.25, 0.3) is 5.91 Å². The molecular formula is C15H13BrClNO2. The first kappa shape index (κ1) is 14.9. The van der Waals surface area contributed by atoms with Gasteiger partial charge in [0.15, 0.2) is 0 Å². The van der Waals surface area contributed by atoms with Crippen molar-refractivity contribution in [2.45, 2.75) is 11.9 Å². The fourth-order valence-electron chi connectivity index (χ4n) is 1.79. The van der Waals surface area contributed by atoms with Crippen LogP contribution in [0.1, 0.15) is 21.5 Å². The largest absolute Gasteiger partial charge is 0.507 e. The zero-order valence-corrected chi connectivity index (χ0v) is 12.9. The maximum absolute atomic E-state index is 12.0. The summed E-state index contributed by atoms with van der Waals surface area (Å²) in [6.45, 7) is 0.394. The van der Waals surface area contributed by atoms with E-state index in [2.05, 4.69) is 21.2 Å². The predicted molar refractivity (Wildman–Crippen MR) is 83.4 cm³/mol. The summed E-state index contributed by atoms with van der Waals surface area (Å²) in [6.07, 6.45) is 0. The van der Waals surface area contributed by atoms with Crippen LogP contribution in [0.3, 0.4) is 0 Å². The zero-order chi connectivity index (χ0) is 14.5. The molecule has 2 rings (SSSR count). The molecule has 0 saturated carbocycles. The van der Waals surface area contributed by atoms with Crippen LogP contribution < -0.4 is 5.32 Å². The molecule has 0 aliphatic carbocycles. The van der Waals surface area contributed by atoms with Crippen LogP contribution in [0.5, 0.6) is 5.75 Å². The average molecular weight is 355 g/mol. The Morgan fingerprint density at radius 3 is 2.70 bits per heavy atom. The first-order chi connectivity index (χ1) is 9.60. The lowest BCUT2D eigenvalue weighted by Crippen LogP contribution is -2.22. The minimum atomic E-state index is -0.353. The third kappa shape index (κ3) is 3.74. The van der Waals surface area contributed by atoms with Crippen LogP contribution in [0.15, 0.2) is 42.5 Å². The summed E-state index contributed by atoms with van der Waals surface area (Å²) in [5, 5.41) is 13.6. The van der Waals surface area contributed by atoms with Crippen LogP contribution >= 0.6 is 27.5 Å². The Kier molecular flexibility index (Phi) is 5.04. The van der Waals surface area contributed by atoms with E-state index in [1.807, 2.05) is 24.3 Å². The molecule has 0 unspecified atom stereocenters. The minimum Gasteiger partial charge on any atom is -0.507 e. The quantitative estimate of drug-likeness (QED) is 0.819. The standard InChI is InChI=1S/C15H13BrClNO2/c16-8-10-2-1-3-11(6-10)9-18-15(20)13-7-12(17)4-5-14(13)19/h1-7,19H,8-9H2,(H,18,20). The van der Waals surface area contributed by atoms with Crippen molar-refractivity contribution < 1.29 is 9.90 Å². The number of hydrogen-bond donors (Lipinski definition) is 2. The molecule has 20 heavy (non-hydrogen) atoms. The van der Waals surface area contributed by atoms with Crippen molar-refractivity contribution >= 4 is 33.4 Å². The summed E-state index contributed by atoms with van der Waals surface area (Å²) in [6, 6.07) is 12.3. The van der Waals surface area contributed by atoms with Crippen LogP contribution in [-0.2, 0) is 11.9 Å². The maximum atomic E-state index is 12.0. The van der Waals surface area contributed by atoms with E-state index < -0.39 is 0 Å². The number of rotatable bonds is 4. The highest BCUT2D eigenvalue weighted by atomic mass is 79.9. The van der Waals surface area contributed by atoms with Crippen molar-refractivity contribution in [3.8, 4) is 5.75 Å². The predicted octanol–water partition coefficient (Wildman–Crippen LogP) is 3.87. The third-order valence-corrected chi connectivity index (χ3v) is 3.68. The second kappa shape index (κ2) is 6.77. The van der Waals surface area contributed by atoms with E-state index >= 15 is 0 Å². The van der Waals surface area contributed by atoms with Crippen LogP contribution in [0.2, 0.25) is 5.02 Å². The van der Waals surface area contributed by atoms with Crippen molar-refractivity contribution in [3.05, 3.63) is 64.2 Å². The Morgan fingerprint density at radius 1 is 1.20 bits per heavy atom. The molecule has 2 aromatic carbocycles. The highest BCUT2D eigenvalue weighted by Crippen LogP contribution is 2.21. The van der Waals surface area contributed by atoms with Gasteiger partial charge in [0, 0.05) is 16.9 Å². The van der Waals surface area contributed by atoms with Gasteiger partial charge in [-0.2, -0.15) is 0 Å². The number of carbonyl (C=O) groups is 1. The monoisotopic (exact) mass is 353 g/mol. The Morgan fingerprint density at radius 2 is 1.95 bits per heavy atom. The van der Waals surface area contributed by atoms with Gasteiger partial charge in [-0.1, -0.05) is 51.8 Å². The molecule has 3 nitrogen and oxygen atoms in total. The Bertz CT molecular complexity index is 631. The molecule has 104 valence electrons. The number of phenolic OH excluding ortho intramolecular Hbond substituents is 1. The molecule has 0 aliphatic rings. The normalized spacial score (nSPS) is 10.3. The second-order valence-corrected chi connectivity index (χ2v) is 5.29. The van der Waals surface area contributed by atoms with Crippen LogP contribution in [0.4, 0.5) is 0 Å². The first-order valence-corrected chi connectivity index (χ1v) is 7.50. The Labute approximate surface area is 130 Å². The van der Waals surface area contributed by atoms with Gasteiger partial charge in [0.05, 0.1) is 5.56 Å². The SMILES string of the molecule is O=C(NCc1cccc(CBr)c1)c1cc(Cl)ccc1O. The van der Waals surface area contributed by atoms with E-state index in [-0.39, 0.29) is 17.2 Å². The zero-order valence-electron chi connectivity index (χ0n) is 10.6. The van der Waals surface area contributed by atoms with Crippen LogP contribution in [-0.4, -0.2) is 11.0 Å². The third-order valence-electron chi connectivity index (χ3n) is 2.80. The Hall–Kier alpha value is -1.52. The van der Waals surface area contributed by atoms with E-state index in [1.54, 1.807) is 0 Å². The van der Waals surface area contributed by atoms with Gasteiger partial charge in [-0.15, -0.1) is 0 Å². The van der Waals surface area contributed by atoms with Gasteiger partial charge >= 0.3 is 0 Å². The molecule has 2 aromatic rings. The fraction of sp³-hybridized carbons (Fsp3) is 0.133. The summed E-state index contributed by atoms with van der Waals surface area (Å²) in [4.78, 5) is 12.0. The lowest BCUT2D eigenvalue weighted by Gasteiger charge is -2.08. The van der Waals surface area contributed by atoms with Gasteiger partial charge in [0.2, 0.25) is 0 Å². The average Bonchev–Trinajstić information content (AvgIpc) is 2.47. The van der Waals surface area contributed by atoms with Gasteiger partial charge in [-0.3, -0.25) is 4.79 Å². The molecule has 2 N–H and O–H groups in total. The van der Waals surface area contributed by atoms with E-state index in [0.29, 0.717) is 11.6 Å². The number of amides is 1.